The number of carbonyl (C=O) groups excluding carboxylic acids is 3. The van der Waals surface area contributed by atoms with Gasteiger partial charge in [0.2, 0.25) is 17.5 Å². The number of hydrogen-bond acceptors (Lipinski definition) is 6. The van der Waals surface area contributed by atoms with Crippen LogP contribution in [0.3, 0.4) is 0 Å². The van der Waals surface area contributed by atoms with Crippen molar-refractivity contribution in [2.75, 3.05) is 11.9 Å². The van der Waals surface area contributed by atoms with E-state index < -0.39 is 83.3 Å². The Morgan fingerprint density at radius 3 is 2.20 bits per heavy atom. The Hall–Kier alpha value is -5.01. The molecule has 2 aromatic carbocycles. The number of hydrogen-bond donors (Lipinski definition) is 3. The van der Waals surface area contributed by atoms with Crippen molar-refractivity contribution in [3.05, 3.63) is 93.9 Å². The minimum absolute atomic E-state index is 0.0225. The quantitative estimate of drug-likeness (QED) is 0.222. The molecule has 3 N–H and O–H groups in total. The highest BCUT2D eigenvalue weighted by Gasteiger charge is 2.30. The number of carboxylic acid groups (broad SMARTS) is 1. The first-order valence-electron chi connectivity index (χ1n) is 12.0. The van der Waals surface area contributed by atoms with Crippen LogP contribution >= 0.6 is 0 Å². The lowest BCUT2D eigenvalue weighted by molar-refractivity contribution is -0.140. The lowest BCUT2D eigenvalue weighted by atomic mass is 10.1. The first kappa shape index (κ1) is 30.5. The molecule has 1 aromatic heterocycles. The molecule has 0 aliphatic carbocycles. The third-order valence-corrected chi connectivity index (χ3v) is 5.80. The molecule has 216 valence electrons. The first-order chi connectivity index (χ1) is 19.4. The monoisotopic (exact) mass is 577 g/mol. The minimum atomic E-state index is -1.92. The number of carboxylic acids is 1. The normalized spacial score (nSPS) is 12.2. The number of anilines is 1. The van der Waals surface area contributed by atoms with Gasteiger partial charge in [-0.05, 0) is 30.7 Å². The molecule has 1 heterocycles. The maximum absolute atomic E-state index is 13.9. The Balaban J connectivity index is 1.79. The second-order valence-corrected chi connectivity index (χ2v) is 8.59. The van der Waals surface area contributed by atoms with Gasteiger partial charge in [0, 0.05) is 17.8 Å². The van der Waals surface area contributed by atoms with Crippen LogP contribution in [0.1, 0.15) is 36.2 Å². The van der Waals surface area contributed by atoms with Gasteiger partial charge in [-0.1, -0.05) is 25.1 Å². The van der Waals surface area contributed by atoms with E-state index in [4.69, 9.17) is 0 Å². The van der Waals surface area contributed by atoms with Crippen LogP contribution in [-0.4, -0.2) is 45.9 Å². The molecule has 0 spiro atoms. The van der Waals surface area contributed by atoms with Crippen LogP contribution < -0.4 is 20.9 Å². The average Bonchev–Trinajstić information content (AvgIpc) is 2.94. The van der Waals surface area contributed by atoms with Gasteiger partial charge >= 0.3 is 5.97 Å². The summed E-state index contributed by atoms with van der Waals surface area (Å²) in [6.45, 7) is 0.264. The second kappa shape index (κ2) is 13.4. The zero-order chi connectivity index (χ0) is 30.3. The molecule has 14 heteroatoms. The van der Waals surface area contributed by atoms with E-state index in [2.05, 4.69) is 15.4 Å². The fourth-order valence-corrected chi connectivity index (χ4v) is 3.75. The smallest absolute Gasteiger partial charge is 0.305 e. The summed E-state index contributed by atoms with van der Waals surface area (Å²) in [6.07, 6.45) is 0.232. The highest BCUT2D eigenvalue weighted by Crippen LogP contribution is 2.26. The summed E-state index contributed by atoms with van der Waals surface area (Å²) in [5, 5.41) is 13.8. The van der Waals surface area contributed by atoms with Crippen molar-refractivity contribution in [3.8, 4) is 5.75 Å². The summed E-state index contributed by atoms with van der Waals surface area (Å²) in [5.41, 5.74) is -0.669. The van der Waals surface area contributed by atoms with Crippen molar-refractivity contribution in [3.63, 3.8) is 0 Å². The number of ether oxygens (including phenoxy) is 1. The Morgan fingerprint density at radius 1 is 0.976 bits per heavy atom. The highest BCUT2D eigenvalue weighted by molar-refractivity contribution is 6.04. The predicted octanol–water partition coefficient (Wildman–Crippen LogP) is 3.22. The maximum atomic E-state index is 13.9. The summed E-state index contributed by atoms with van der Waals surface area (Å²) in [4.78, 5) is 62.6. The number of carbonyl (C=O) groups is 4. The summed E-state index contributed by atoms with van der Waals surface area (Å²) in [5.74, 6) is -13.3. The highest BCUT2D eigenvalue weighted by atomic mass is 19.2. The van der Waals surface area contributed by atoms with Crippen LogP contribution in [0.4, 0.5) is 23.2 Å². The maximum Gasteiger partial charge on any atom is 0.305 e. The van der Waals surface area contributed by atoms with Gasteiger partial charge in [-0.15, -0.1) is 0 Å². The number of rotatable bonds is 12. The number of nitrogens with zero attached hydrogens (tertiary/aromatic N) is 1. The van der Waals surface area contributed by atoms with Crippen LogP contribution in [0.2, 0.25) is 0 Å². The number of aromatic nitrogens is 1. The van der Waals surface area contributed by atoms with Crippen molar-refractivity contribution in [2.24, 2.45) is 0 Å². The largest absolute Gasteiger partial charge is 0.481 e. The Labute approximate surface area is 229 Å². The van der Waals surface area contributed by atoms with Crippen LogP contribution in [-0.2, 0) is 14.4 Å². The van der Waals surface area contributed by atoms with Crippen molar-refractivity contribution in [1.82, 2.24) is 9.88 Å². The van der Waals surface area contributed by atoms with Gasteiger partial charge in [-0.2, -0.15) is 8.78 Å². The molecule has 0 fully saturated rings. The van der Waals surface area contributed by atoms with Gasteiger partial charge in [-0.25, -0.2) is 8.78 Å². The second-order valence-electron chi connectivity index (χ2n) is 8.59. The zero-order valence-corrected chi connectivity index (χ0v) is 21.3. The fraction of sp³-hybridized carbons (Fsp3) is 0.222. The van der Waals surface area contributed by atoms with Crippen molar-refractivity contribution < 1.29 is 46.6 Å². The molecular formula is C27H23F4N3O7. The van der Waals surface area contributed by atoms with Gasteiger partial charge in [0.1, 0.15) is 24.4 Å². The average molecular weight is 577 g/mol. The van der Waals surface area contributed by atoms with E-state index in [0.29, 0.717) is 0 Å². The number of pyridine rings is 1. The third-order valence-electron chi connectivity index (χ3n) is 5.80. The van der Waals surface area contributed by atoms with E-state index >= 15 is 0 Å². The lowest BCUT2D eigenvalue weighted by Gasteiger charge is -2.22. The standard InChI is InChI=1S/C27H23F4N3O7/c1-2-19(34-10-6-9-17(27(34)40)32-25(38)14-7-4-3-5-8-14)26(39)33-18(12-21(36)37)20(35)13-41-24-22(30)15(28)11-16(29)23(24)31/h3-11,18-19H,2,12-13H2,1H3,(H,32,38)(H,33,39)(H,36,37)/t18-,19?/m0/s1. The molecule has 0 radical (unpaired) electrons. The van der Waals surface area contributed by atoms with E-state index in [-0.39, 0.29) is 23.7 Å². The lowest BCUT2D eigenvalue weighted by Crippen LogP contribution is -2.48. The summed E-state index contributed by atoms with van der Waals surface area (Å²) in [6, 6.07) is 7.52. The molecule has 0 saturated heterocycles. The fourth-order valence-electron chi connectivity index (χ4n) is 3.75. The number of halogens is 4. The zero-order valence-electron chi connectivity index (χ0n) is 21.3. The molecule has 0 aliphatic heterocycles. The molecule has 41 heavy (non-hydrogen) atoms. The number of amides is 2. The topological polar surface area (TPSA) is 144 Å². The third kappa shape index (κ3) is 7.35. The first-order valence-corrected chi connectivity index (χ1v) is 12.0. The molecule has 10 nitrogen and oxygen atoms in total. The van der Waals surface area contributed by atoms with E-state index in [0.717, 1.165) is 4.57 Å². The summed E-state index contributed by atoms with van der Waals surface area (Å²) >= 11 is 0. The van der Waals surface area contributed by atoms with Crippen LogP contribution in [0.15, 0.2) is 59.5 Å². The van der Waals surface area contributed by atoms with Gasteiger partial charge in [-0.3, -0.25) is 24.0 Å². The Bertz CT molecular complexity index is 1500. The molecule has 0 aliphatic rings. The van der Waals surface area contributed by atoms with Gasteiger partial charge < -0.3 is 25.0 Å². The SMILES string of the molecule is CCC(C(=O)N[C@@H](CC(=O)O)C(=O)COc1c(F)c(F)cc(F)c1F)n1cccc(NC(=O)c2ccccc2)c1=O. The molecule has 3 rings (SSSR count). The predicted molar refractivity (Wildman–Crippen MR) is 135 cm³/mol. The Morgan fingerprint density at radius 2 is 1.61 bits per heavy atom. The van der Waals surface area contributed by atoms with Crippen LogP contribution in [0.25, 0.3) is 0 Å². The molecule has 1 unspecified atom stereocenters. The van der Waals surface area contributed by atoms with Crippen molar-refractivity contribution >= 4 is 29.3 Å². The van der Waals surface area contributed by atoms with Crippen molar-refractivity contribution in [1.29, 1.82) is 0 Å². The van der Waals surface area contributed by atoms with Gasteiger partial charge in [0.15, 0.2) is 23.2 Å². The number of benzene rings is 2. The van der Waals surface area contributed by atoms with Crippen molar-refractivity contribution in [2.45, 2.75) is 31.8 Å². The van der Waals surface area contributed by atoms with E-state index in [9.17, 15) is 46.6 Å². The number of Topliss-reactive ketones (excluding diaryl/α,β-unsaturated/α-hetero) is 1. The van der Waals surface area contributed by atoms with Crippen LogP contribution in [0, 0.1) is 23.3 Å². The van der Waals surface area contributed by atoms with E-state index in [1.807, 2.05) is 0 Å². The molecule has 0 bridgehead atoms. The molecule has 3 aromatic rings. The minimum Gasteiger partial charge on any atom is -0.481 e. The Kier molecular flexibility index (Phi) is 9.95. The summed E-state index contributed by atoms with van der Waals surface area (Å²) in [7, 11) is 0. The number of ketones is 1. The molecule has 0 saturated carbocycles. The summed E-state index contributed by atoms with van der Waals surface area (Å²) < 4.78 is 60.1. The number of nitrogens with one attached hydrogen (secondary N) is 2. The molecule has 2 atom stereocenters. The number of aliphatic carboxylic acids is 1. The molecular weight excluding hydrogens is 554 g/mol. The van der Waals surface area contributed by atoms with E-state index in [1.165, 1.54) is 37.4 Å². The van der Waals surface area contributed by atoms with E-state index in [1.54, 1.807) is 18.2 Å². The van der Waals surface area contributed by atoms with Gasteiger partial charge in [0.05, 0.1) is 6.42 Å². The van der Waals surface area contributed by atoms with Crippen LogP contribution in [0.5, 0.6) is 5.75 Å². The van der Waals surface area contributed by atoms with Gasteiger partial charge in [0.25, 0.3) is 11.5 Å². The molecule has 2 amide bonds.